The lowest BCUT2D eigenvalue weighted by molar-refractivity contribution is -0.137. The molecule has 0 saturated heterocycles. The molecular weight excluding hydrogens is 485 g/mol. The molecule has 4 rings (SSSR count). The second-order valence-corrected chi connectivity index (χ2v) is 9.28. The van der Waals surface area contributed by atoms with Gasteiger partial charge in [-0.1, -0.05) is 48.0 Å². The smallest absolute Gasteiger partial charge is 0.334 e. The maximum Gasteiger partial charge on any atom is 0.416 e. The maximum atomic E-state index is 14.7. The Bertz CT molecular complexity index is 1190. The van der Waals surface area contributed by atoms with Gasteiger partial charge in [0.15, 0.2) is 0 Å². The number of carbonyl (C=O) groups excluding carboxylic acids is 1. The van der Waals surface area contributed by atoms with Crippen molar-refractivity contribution in [2.75, 3.05) is 6.54 Å². The zero-order valence-electron chi connectivity index (χ0n) is 18.7. The second kappa shape index (κ2) is 9.97. The van der Waals surface area contributed by atoms with Crippen molar-refractivity contribution in [3.63, 3.8) is 0 Å². The normalized spacial score (nSPS) is 14.9. The molecule has 8 heteroatoms. The van der Waals surface area contributed by atoms with Gasteiger partial charge >= 0.3 is 6.18 Å². The maximum absolute atomic E-state index is 14.7. The lowest BCUT2D eigenvalue weighted by atomic mass is 9.77. The molecule has 0 bridgehead atoms. The van der Waals surface area contributed by atoms with E-state index in [1.54, 1.807) is 36.4 Å². The van der Waals surface area contributed by atoms with E-state index in [4.69, 9.17) is 11.6 Å². The van der Waals surface area contributed by atoms with Crippen LogP contribution in [0, 0.1) is 5.82 Å². The molecule has 1 aliphatic rings. The topological polar surface area (TPSA) is 20.3 Å². The van der Waals surface area contributed by atoms with E-state index in [2.05, 4.69) is 0 Å². The number of benzene rings is 3. The van der Waals surface area contributed by atoms with Gasteiger partial charge in [0.1, 0.15) is 11.5 Å². The van der Waals surface area contributed by atoms with Crippen LogP contribution in [-0.4, -0.2) is 17.4 Å². The summed E-state index contributed by atoms with van der Waals surface area (Å²) in [6, 6.07) is 15.4. The minimum absolute atomic E-state index is 0.105. The Hall–Kier alpha value is -2.93. The molecule has 0 unspecified atom stereocenters. The molecule has 184 valence electrons. The summed E-state index contributed by atoms with van der Waals surface area (Å²) in [7, 11) is 0. The Balaban J connectivity index is 1.59. The van der Waals surface area contributed by atoms with Crippen LogP contribution in [0.4, 0.5) is 22.0 Å². The zero-order chi connectivity index (χ0) is 25.2. The first kappa shape index (κ1) is 25.2. The van der Waals surface area contributed by atoms with Gasteiger partial charge in [0.05, 0.1) is 5.56 Å². The van der Waals surface area contributed by atoms with E-state index in [1.807, 2.05) is 0 Å². The first-order valence-corrected chi connectivity index (χ1v) is 11.6. The van der Waals surface area contributed by atoms with E-state index in [0.717, 1.165) is 24.1 Å². The average molecular weight is 508 g/mol. The van der Waals surface area contributed by atoms with Crippen molar-refractivity contribution in [3.05, 3.63) is 105 Å². The minimum atomic E-state index is -4.65. The highest BCUT2D eigenvalue weighted by Gasteiger charge is 2.38. The van der Waals surface area contributed by atoms with Crippen LogP contribution < -0.4 is 0 Å². The summed E-state index contributed by atoms with van der Waals surface area (Å²) in [5, 5.41) is -0.195. The SMILES string of the molecule is O=C(c1cc(Cl)cc(C(F)(F)F)c1)N(CCc1ccc(F)cc1)Cc1ccc(C2(F)CCC2)cc1. The van der Waals surface area contributed by atoms with Gasteiger partial charge in [-0.2, -0.15) is 13.2 Å². The van der Waals surface area contributed by atoms with Crippen LogP contribution in [0.1, 0.15) is 51.9 Å². The molecule has 3 aromatic rings. The van der Waals surface area contributed by atoms with Crippen molar-refractivity contribution >= 4 is 17.5 Å². The molecular formula is C27H23ClF5NO. The molecule has 35 heavy (non-hydrogen) atoms. The van der Waals surface area contributed by atoms with E-state index >= 15 is 0 Å². The number of rotatable bonds is 7. The Morgan fingerprint density at radius 1 is 0.943 bits per heavy atom. The molecule has 1 fully saturated rings. The molecule has 2 nitrogen and oxygen atoms in total. The fourth-order valence-electron chi connectivity index (χ4n) is 4.13. The van der Waals surface area contributed by atoms with Crippen molar-refractivity contribution in [3.8, 4) is 0 Å². The van der Waals surface area contributed by atoms with E-state index in [1.165, 1.54) is 23.1 Å². The molecule has 1 saturated carbocycles. The van der Waals surface area contributed by atoms with Gasteiger partial charge in [-0.25, -0.2) is 8.78 Å². The summed E-state index contributed by atoms with van der Waals surface area (Å²) < 4.78 is 67.8. The van der Waals surface area contributed by atoms with Crippen LogP contribution in [0.2, 0.25) is 5.02 Å². The van der Waals surface area contributed by atoms with Gasteiger partial charge in [0.25, 0.3) is 5.91 Å². The van der Waals surface area contributed by atoms with Crippen LogP contribution in [0.25, 0.3) is 0 Å². The van der Waals surface area contributed by atoms with Gasteiger partial charge in [0.2, 0.25) is 0 Å². The first-order valence-electron chi connectivity index (χ1n) is 11.2. The number of amides is 1. The molecule has 0 atom stereocenters. The third-order valence-corrected chi connectivity index (χ3v) is 6.55. The standard InChI is InChI=1S/C27H23ClF5NO/c28-23-15-20(14-22(16-23)27(31,32)33)25(35)34(13-10-18-4-8-24(29)9-5-18)17-19-2-6-21(7-3-19)26(30)11-1-12-26/h2-9,14-16H,1,10-13,17H2. The third-order valence-electron chi connectivity index (χ3n) is 6.33. The molecule has 0 aliphatic heterocycles. The quantitative estimate of drug-likeness (QED) is 0.300. The number of alkyl halides is 4. The van der Waals surface area contributed by atoms with E-state index in [0.29, 0.717) is 30.4 Å². The number of hydrogen-bond donors (Lipinski definition) is 0. The van der Waals surface area contributed by atoms with Gasteiger partial charge in [-0.05, 0) is 72.7 Å². The predicted molar refractivity (Wildman–Crippen MR) is 124 cm³/mol. The summed E-state index contributed by atoms with van der Waals surface area (Å²) in [6.45, 7) is 0.278. The fraction of sp³-hybridized carbons (Fsp3) is 0.296. The summed E-state index contributed by atoms with van der Waals surface area (Å²) >= 11 is 5.89. The van der Waals surface area contributed by atoms with Gasteiger partial charge < -0.3 is 4.90 Å². The summed E-state index contributed by atoms with van der Waals surface area (Å²) in [6.07, 6.45) is -2.50. The lowest BCUT2D eigenvalue weighted by Crippen LogP contribution is -2.33. The number of halogens is 6. The molecule has 0 heterocycles. The van der Waals surface area contributed by atoms with Crippen molar-refractivity contribution in [2.45, 2.75) is 44.1 Å². The van der Waals surface area contributed by atoms with Crippen LogP contribution >= 0.6 is 11.6 Å². The van der Waals surface area contributed by atoms with Crippen LogP contribution in [0.5, 0.6) is 0 Å². The van der Waals surface area contributed by atoms with Crippen molar-refractivity contribution in [2.24, 2.45) is 0 Å². The van der Waals surface area contributed by atoms with Gasteiger partial charge in [-0.3, -0.25) is 4.79 Å². The third kappa shape index (κ3) is 6.01. The Morgan fingerprint density at radius 3 is 2.14 bits per heavy atom. The Morgan fingerprint density at radius 2 is 1.57 bits per heavy atom. The summed E-state index contributed by atoms with van der Waals surface area (Å²) in [5.41, 5.74) is -0.442. The largest absolute Gasteiger partial charge is 0.416 e. The lowest BCUT2D eigenvalue weighted by Gasteiger charge is -2.34. The van der Waals surface area contributed by atoms with E-state index in [-0.39, 0.29) is 23.7 Å². The molecule has 1 amide bonds. The van der Waals surface area contributed by atoms with Crippen LogP contribution in [0.15, 0.2) is 66.7 Å². The van der Waals surface area contributed by atoms with Crippen molar-refractivity contribution in [1.29, 1.82) is 0 Å². The molecule has 1 aliphatic carbocycles. The van der Waals surface area contributed by atoms with Crippen molar-refractivity contribution < 1.29 is 26.7 Å². The first-order chi connectivity index (χ1) is 16.5. The predicted octanol–water partition coefficient (Wildman–Crippen LogP) is 7.73. The Kier molecular flexibility index (Phi) is 7.17. The molecule has 0 spiro atoms. The van der Waals surface area contributed by atoms with Crippen molar-refractivity contribution in [1.82, 2.24) is 4.90 Å². The van der Waals surface area contributed by atoms with Crippen LogP contribution in [0.3, 0.4) is 0 Å². The number of nitrogens with zero attached hydrogens (tertiary/aromatic N) is 1. The number of carbonyl (C=O) groups is 1. The highest BCUT2D eigenvalue weighted by molar-refractivity contribution is 6.31. The summed E-state index contributed by atoms with van der Waals surface area (Å²) in [5.74, 6) is -1.01. The van der Waals surface area contributed by atoms with Gasteiger partial charge in [-0.15, -0.1) is 0 Å². The molecule has 0 radical (unpaired) electrons. The zero-order valence-corrected chi connectivity index (χ0v) is 19.5. The highest BCUT2D eigenvalue weighted by atomic mass is 35.5. The highest BCUT2D eigenvalue weighted by Crippen LogP contribution is 2.45. The average Bonchev–Trinajstić information content (AvgIpc) is 2.80. The van der Waals surface area contributed by atoms with E-state index in [9.17, 15) is 26.7 Å². The van der Waals surface area contributed by atoms with Gasteiger partial charge in [0, 0.05) is 23.7 Å². The minimum Gasteiger partial charge on any atom is -0.334 e. The molecule has 0 aromatic heterocycles. The van der Waals surface area contributed by atoms with Crippen LogP contribution in [-0.2, 0) is 24.8 Å². The monoisotopic (exact) mass is 507 g/mol. The van der Waals surface area contributed by atoms with E-state index < -0.39 is 29.1 Å². The Labute approximate surface area is 205 Å². The summed E-state index contributed by atoms with van der Waals surface area (Å²) in [4.78, 5) is 14.7. The fourth-order valence-corrected chi connectivity index (χ4v) is 4.37. The molecule has 3 aromatic carbocycles. The number of hydrogen-bond acceptors (Lipinski definition) is 1. The second-order valence-electron chi connectivity index (χ2n) is 8.85. The molecule has 0 N–H and O–H groups in total.